The maximum Gasteiger partial charge on any atom is 0.153 e. The summed E-state index contributed by atoms with van der Waals surface area (Å²) >= 11 is 0. The van der Waals surface area contributed by atoms with Gasteiger partial charge in [0.1, 0.15) is 5.75 Å². The number of hydrogen-bond donors (Lipinski definition) is 1. The van der Waals surface area contributed by atoms with Crippen molar-refractivity contribution in [1.82, 2.24) is 4.57 Å². The molecule has 1 N–H and O–H groups in total. The van der Waals surface area contributed by atoms with Crippen LogP contribution in [0.15, 0.2) is 18.3 Å². The molecule has 2 aromatic rings. The van der Waals surface area contributed by atoms with Crippen LogP contribution in [0.25, 0.3) is 10.9 Å². The van der Waals surface area contributed by atoms with Gasteiger partial charge >= 0.3 is 0 Å². The van der Waals surface area contributed by atoms with Crippen molar-refractivity contribution >= 4 is 17.2 Å². The van der Waals surface area contributed by atoms with E-state index in [1.54, 1.807) is 6.07 Å². The molecule has 0 radical (unpaired) electrons. The van der Waals surface area contributed by atoms with Gasteiger partial charge in [-0.2, -0.15) is 0 Å². The highest BCUT2D eigenvalue weighted by atomic mass is 16.3. The molecule has 3 nitrogen and oxygen atoms in total. The minimum atomic E-state index is 0.0793. The van der Waals surface area contributed by atoms with E-state index >= 15 is 0 Å². The number of fused-ring (bicyclic) bond motifs is 1. The molecule has 0 bridgehead atoms. The first-order valence-corrected chi connectivity index (χ1v) is 4.38. The zero-order valence-electron chi connectivity index (χ0n) is 8.11. The summed E-state index contributed by atoms with van der Waals surface area (Å²) in [6, 6.07) is 3.47. The zero-order chi connectivity index (χ0) is 10.3. The summed E-state index contributed by atoms with van der Waals surface area (Å²) in [5.41, 5.74) is 2.25. The van der Waals surface area contributed by atoms with Gasteiger partial charge in [0.15, 0.2) is 6.29 Å². The summed E-state index contributed by atoms with van der Waals surface area (Å²) in [6.45, 7) is 1.91. The number of aldehydes is 1. The van der Waals surface area contributed by atoms with Crippen molar-refractivity contribution in [2.75, 3.05) is 0 Å². The first kappa shape index (κ1) is 8.81. The molecule has 1 aromatic heterocycles. The van der Waals surface area contributed by atoms with Crippen molar-refractivity contribution in [3.63, 3.8) is 0 Å². The highest BCUT2D eigenvalue weighted by Crippen LogP contribution is 2.31. The lowest BCUT2D eigenvalue weighted by atomic mass is 10.1. The van der Waals surface area contributed by atoms with Gasteiger partial charge in [-0.05, 0) is 24.6 Å². The fourth-order valence-corrected chi connectivity index (χ4v) is 1.80. The van der Waals surface area contributed by atoms with Gasteiger partial charge < -0.3 is 9.67 Å². The van der Waals surface area contributed by atoms with E-state index in [4.69, 9.17) is 0 Å². The average Bonchev–Trinajstić information content (AvgIpc) is 2.44. The second kappa shape index (κ2) is 2.87. The van der Waals surface area contributed by atoms with Crippen LogP contribution in [0, 0.1) is 6.92 Å². The van der Waals surface area contributed by atoms with Crippen molar-refractivity contribution < 1.29 is 9.90 Å². The normalized spacial score (nSPS) is 10.7. The first-order valence-electron chi connectivity index (χ1n) is 4.38. The minimum Gasteiger partial charge on any atom is -0.506 e. The van der Waals surface area contributed by atoms with Gasteiger partial charge in [0, 0.05) is 18.6 Å². The van der Waals surface area contributed by atoms with Gasteiger partial charge in [-0.1, -0.05) is 0 Å². The number of aromatic hydroxyl groups is 1. The average molecular weight is 189 g/mol. The maximum atomic E-state index is 10.6. The molecular formula is C11H11NO2. The van der Waals surface area contributed by atoms with E-state index < -0.39 is 0 Å². The Morgan fingerprint density at radius 3 is 2.79 bits per heavy atom. The van der Waals surface area contributed by atoms with Crippen LogP contribution >= 0.6 is 0 Å². The van der Waals surface area contributed by atoms with Crippen molar-refractivity contribution in [2.24, 2.45) is 7.05 Å². The number of nitrogens with zero attached hydrogens (tertiary/aromatic N) is 1. The molecule has 1 heterocycles. The number of aromatic nitrogens is 1. The van der Waals surface area contributed by atoms with E-state index in [1.165, 1.54) is 0 Å². The number of carbonyl (C=O) groups is 1. The van der Waals surface area contributed by atoms with E-state index in [0.717, 1.165) is 16.5 Å². The van der Waals surface area contributed by atoms with Crippen LogP contribution in [0.4, 0.5) is 0 Å². The summed E-state index contributed by atoms with van der Waals surface area (Å²) in [4.78, 5) is 10.6. The number of carbonyl (C=O) groups excluding carboxylic acids is 1. The Hall–Kier alpha value is -1.77. The zero-order valence-corrected chi connectivity index (χ0v) is 8.11. The Kier molecular flexibility index (Phi) is 1.81. The van der Waals surface area contributed by atoms with Crippen molar-refractivity contribution in [3.05, 3.63) is 29.5 Å². The first-order chi connectivity index (χ1) is 6.65. The fourth-order valence-electron chi connectivity index (χ4n) is 1.80. The number of phenols is 1. The van der Waals surface area contributed by atoms with Crippen molar-refractivity contribution in [3.8, 4) is 5.75 Å². The molecule has 3 heteroatoms. The summed E-state index contributed by atoms with van der Waals surface area (Å²) in [5, 5.41) is 10.6. The molecule has 0 saturated carbocycles. The van der Waals surface area contributed by atoms with Gasteiger partial charge in [-0.15, -0.1) is 0 Å². The molecule has 14 heavy (non-hydrogen) atoms. The Labute approximate surface area is 81.6 Å². The molecule has 2 rings (SSSR count). The van der Waals surface area contributed by atoms with E-state index in [-0.39, 0.29) is 5.75 Å². The van der Waals surface area contributed by atoms with Gasteiger partial charge in [0.25, 0.3) is 0 Å². The van der Waals surface area contributed by atoms with Gasteiger partial charge in [0.05, 0.1) is 11.1 Å². The standard InChI is InChI=1S/C11H11NO2/c1-7-5-12(2)9-4-3-8(6-13)11(14)10(7)9/h3-6,14H,1-2H3. The molecule has 0 spiro atoms. The molecule has 0 saturated heterocycles. The Morgan fingerprint density at radius 1 is 1.43 bits per heavy atom. The van der Waals surface area contributed by atoms with Crippen LogP contribution in [0.2, 0.25) is 0 Å². The van der Waals surface area contributed by atoms with Crippen LogP contribution in [-0.2, 0) is 7.05 Å². The predicted molar refractivity (Wildman–Crippen MR) is 54.7 cm³/mol. The molecule has 1 aromatic carbocycles. The van der Waals surface area contributed by atoms with E-state index in [1.807, 2.05) is 30.8 Å². The molecule has 72 valence electrons. The van der Waals surface area contributed by atoms with Gasteiger partial charge in [-0.3, -0.25) is 4.79 Å². The van der Waals surface area contributed by atoms with E-state index in [9.17, 15) is 9.90 Å². The molecule has 0 unspecified atom stereocenters. The number of hydrogen-bond acceptors (Lipinski definition) is 2. The Morgan fingerprint density at radius 2 is 2.14 bits per heavy atom. The lowest BCUT2D eigenvalue weighted by molar-refractivity contribution is 0.112. The number of aryl methyl sites for hydroxylation is 2. The number of phenolic OH excluding ortho intramolecular Hbond substituents is 1. The van der Waals surface area contributed by atoms with Crippen LogP contribution in [0.3, 0.4) is 0 Å². The molecule has 0 aliphatic rings. The number of rotatable bonds is 1. The molecule has 0 aliphatic carbocycles. The summed E-state index contributed by atoms with van der Waals surface area (Å²) in [6.07, 6.45) is 2.60. The molecule has 0 amide bonds. The van der Waals surface area contributed by atoms with Crippen LogP contribution < -0.4 is 0 Å². The lowest BCUT2D eigenvalue weighted by Crippen LogP contribution is -1.86. The Balaban J connectivity index is 2.94. The smallest absolute Gasteiger partial charge is 0.153 e. The third kappa shape index (κ3) is 1.02. The summed E-state index contributed by atoms with van der Waals surface area (Å²) < 4.78 is 1.93. The van der Waals surface area contributed by atoms with Crippen LogP contribution in [0.5, 0.6) is 5.75 Å². The fraction of sp³-hybridized carbons (Fsp3) is 0.182. The second-order valence-corrected chi connectivity index (χ2v) is 3.44. The monoisotopic (exact) mass is 189 g/mol. The largest absolute Gasteiger partial charge is 0.506 e. The van der Waals surface area contributed by atoms with Gasteiger partial charge in [-0.25, -0.2) is 0 Å². The van der Waals surface area contributed by atoms with Crippen LogP contribution in [-0.4, -0.2) is 16.0 Å². The van der Waals surface area contributed by atoms with E-state index in [0.29, 0.717) is 11.8 Å². The third-order valence-corrected chi connectivity index (χ3v) is 2.48. The molecule has 0 fully saturated rings. The minimum absolute atomic E-state index is 0.0793. The predicted octanol–water partition coefficient (Wildman–Crippen LogP) is 2.00. The summed E-state index contributed by atoms with van der Waals surface area (Å²) in [7, 11) is 1.91. The van der Waals surface area contributed by atoms with Crippen LogP contribution in [0.1, 0.15) is 15.9 Å². The SMILES string of the molecule is Cc1cn(C)c2ccc(C=O)c(O)c12. The Bertz CT molecular complexity index is 511. The van der Waals surface area contributed by atoms with E-state index in [2.05, 4.69) is 0 Å². The molecular weight excluding hydrogens is 178 g/mol. The highest BCUT2D eigenvalue weighted by molar-refractivity contribution is 5.96. The quantitative estimate of drug-likeness (QED) is 0.697. The summed E-state index contributed by atoms with van der Waals surface area (Å²) in [5.74, 6) is 0.0793. The van der Waals surface area contributed by atoms with Crippen molar-refractivity contribution in [2.45, 2.75) is 6.92 Å². The second-order valence-electron chi connectivity index (χ2n) is 3.44. The lowest BCUT2D eigenvalue weighted by Gasteiger charge is -2.01. The highest BCUT2D eigenvalue weighted by Gasteiger charge is 2.10. The number of benzene rings is 1. The molecule has 0 atom stereocenters. The maximum absolute atomic E-state index is 10.6. The topological polar surface area (TPSA) is 42.2 Å². The molecule has 0 aliphatic heterocycles. The van der Waals surface area contributed by atoms with Crippen molar-refractivity contribution in [1.29, 1.82) is 0 Å². The third-order valence-electron chi connectivity index (χ3n) is 2.48. The van der Waals surface area contributed by atoms with Gasteiger partial charge in [0.2, 0.25) is 0 Å².